The van der Waals surface area contributed by atoms with Crippen LogP contribution in [-0.4, -0.2) is 20.7 Å². The number of aryl methyl sites for hydroxylation is 1. The van der Waals surface area contributed by atoms with E-state index in [1.165, 1.54) is 31.0 Å². The monoisotopic (exact) mass is 330 g/mol. The number of benzene rings is 1. The van der Waals surface area contributed by atoms with Crippen molar-refractivity contribution in [3.8, 4) is 0 Å². The van der Waals surface area contributed by atoms with Gasteiger partial charge in [0.15, 0.2) is 5.16 Å². The quantitative estimate of drug-likeness (QED) is 0.853. The highest BCUT2D eigenvalue weighted by atomic mass is 32.2. The number of primary amides is 1. The molecule has 1 aromatic heterocycles. The first kappa shape index (κ1) is 16.1. The summed E-state index contributed by atoms with van der Waals surface area (Å²) in [6, 6.07) is 10.1. The van der Waals surface area contributed by atoms with Crippen LogP contribution in [0.4, 0.5) is 0 Å². The minimum Gasteiger partial charge on any atom is -0.368 e. The molecule has 1 aliphatic carbocycles. The molecule has 1 aromatic carbocycles. The summed E-state index contributed by atoms with van der Waals surface area (Å²) < 4.78 is 2.20. The summed E-state index contributed by atoms with van der Waals surface area (Å²) in [6.45, 7) is 1.98. The van der Waals surface area contributed by atoms with Crippen LogP contribution in [0.1, 0.15) is 54.8 Å². The number of rotatable bonds is 5. The van der Waals surface area contributed by atoms with Gasteiger partial charge in [0.05, 0.1) is 0 Å². The zero-order valence-electron chi connectivity index (χ0n) is 13.3. The zero-order chi connectivity index (χ0) is 16.2. The van der Waals surface area contributed by atoms with Crippen molar-refractivity contribution >= 4 is 17.7 Å². The number of carbonyl (C=O) groups is 1. The number of nitrogens with zero attached hydrogens (tertiary/aromatic N) is 3. The normalized spacial score (nSPS) is 17.1. The SMILES string of the molecule is Cc1nnc(S[C@@H](C(N)=O)c2ccccc2)n1C1CCCCC1. The molecule has 6 heteroatoms. The second-order valence-corrected chi connectivity index (χ2v) is 7.07. The van der Waals surface area contributed by atoms with E-state index >= 15 is 0 Å². The molecule has 3 rings (SSSR count). The van der Waals surface area contributed by atoms with Crippen molar-refractivity contribution in [2.24, 2.45) is 5.73 Å². The molecule has 0 spiro atoms. The van der Waals surface area contributed by atoms with E-state index in [9.17, 15) is 4.79 Å². The minimum atomic E-state index is -0.442. The number of hydrogen-bond acceptors (Lipinski definition) is 4. The lowest BCUT2D eigenvalue weighted by molar-refractivity contribution is -0.117. The summed E-state index contributed by atoms with van der Waals surface area (Å²) in [4.78, 5) is 11.9. The lowest BCUT2D eigenvalue weighted by Crippen LogP contribution is -2.20. The third kappa shape index (κ3) is 3.58. The Balaban J connectivity index is 1.88. The van der Waals surface area contributed by atoms with Crippen LogP contribution in [0.2, 0.25) is 0 Å². The number of carbonyl (C=O) groups excluding carboxylic acids is 1. The fraction of sp³-hybridized carbons (Fsp3) is 0.471. The van der Waals surface area contributed by atoms with Crippen LogP contribution in [0.5, 0.6) is 0 Å². The smallest absolute Gasteiger partial charge is 0.235 e. The van der Waals surface area contributed by atoms with Gasteiger partial charge < -0.3 is 10.3 Å². The highest BCUT2D eigenvalue weighted by molar-refractivity contribution is 8.00. The van der Waals surface area contributed by atoms with Gasteiger partial charge in [-0.1, -0.05) is 61.4 Å². The number of thioether (sulfide) groups is 1. The third-order valence-electron chi connectivity index (χ3n) is 4.36. The van der Waals surface area contributed by atoms with Gasteiger partial charge in [0.25, 0.3) is 0 Å². The van der Waals surface area contributed by atoms with Crippen molar-refractivity contribution in [1.29, 1.82) is 0 Å². The zero-order valence-corrected chi connectivity index (χ0v) is 14.1. The summed E-state index contributed by atoms with van der Waals surface area (Å²) in [7, 11) is 0. The lowest BCUT2D eigenvalue weighted by atomic mass is 9.95. The molecule has 0 unspecified atom stereocenters. The highest BCUT2D eigenvalue weighted by Gasteiger charge is 2.26. The number of nitrogens with two attached hydrogens (primary N) is 1. The van der Waals surface area contributed by atoms with Crippen LogP contribution in [0.3, 0.4) is 0 Å². The molecular weight excluding hydrogens is 308 g/mol. The topological polar surface area (TPSA) is 73.8 Å². The van der Waals surface area contributed by atoms with Gasteiger partial charge in [0.2, 0.25) is 5.91 Å². The largest absolute Gasteiger partial charge is 0.368 e. The van der Waals surface area contributed by atoms with Gasteiger partial charge in [0.1, 0.15) is 11.1 Å². The summed E-state index contributed by atoms with van der Waals surface area (Å²) in [5.74, 6) is 0.563. The van der Waals surface area contributed by atoms with Crippen molar-refractivity contribution in [2.75, 3.05) is 0 Å². The molecule has 122 valence electrons. The van der Waals surface area contributed by atoms with Crippen LogP contribution in [0, 0.1) is 6.92 Å². The molecule has 0 aliphatic heterocycles. The maximum atomic E-state index is 11.9. The molecule has 1 heterocycles. The highest BCUT2D eigenvalue weighted by Crippen LogP contribution is 2.38. The second kappa shape index (κ2) is 7.17. The van der Waals surface area contributed by atoms with Crippen LogP contribution >= 0.6 is 11.8 Å². The molecule has 0 radical (unpaired) electrons. The van der Waals surface area contributed by atoms with Gasteiger partial charge in [-0.25, -0.2) is 0 Å². The first-order chi connectivity index (χ1) is 11.2. The summed E-state index contributed by atoms with van der Waals surface area (Å²) in [6.07, 6.45) is 6.08. The van der Waals surface area contributed by atoms with Crippen LogP contribution in [-0.2, 0) is 4.79 Å². The summed E-state index contributed by atoms with van der Waals surface area (Å²) in [5, 5.41) is 8.90. The molecule has 1 atom stereocenters. The Bertz CT molecular complexity index is 664. The average molecular weight is 330 g/mol. The van der Waals surface area contributed by atoms with Crippen molar-refractivity contribution < 1.29 is 4.79 Å². The van der Waals surface area contributed by atoms with Gasteiger partial charge in [-0.15, -0.1) is 10.2 Å². The number of aromatic nitrogens is 3. The number of hydrogen-bond donors (Lipinski definition) is 1. The first-order valence-electron chi connectivity index (χ1n) is 8.09. The van der Waals surface area contributed by atoms with Crippen molar-refractivity contribution in [1.82, 2.24) is 14.8 Å². The van der Waals surface area contributed by atoms with Gasteiger partial charge in [-0.3, -0.25) is 4.79 Å². The van der Waals surface area contributed by atoms with Gasteiger partial charge in [-0.2, -0.15) is 0 Å². The first-order valence-corrected chi connectivity index (χ1v) is 8.97. The Labute approximate surface area is 140 Å². The molecule has 23 heavy (non-hydrogen) atoms. The van der Waals surface area contributed by atoms with Crippen LogP contribution < -0.4 is 5.73 Å². The molecule has 2 aromatic rings. The van der Waals surface area contributed by atoms with E-state index in [-0.39, 0.29) is 5.91 Å². The Hall–Kier alpha value is -1.82. The molecule has 1 amide bonds. The fourth-order valence-electron chi connectivity index (χ4n) is 3.21. The van der Waals surface area contributed by atoms with E-state index < -0.39 is 5.25 Å². The molecule has 0 saturated heterocycles. The van der Waals surface area contributed by atoms with Gasteiger partial charge in [-0.05, 0) is 25.3 Å². The Morgan fingerprint density at radius 1 is 1.22 bits per heavy atom. The molecular formula is C17H22N4OS. The van der Waals surface area contributed by atoms with Crippen molar-refractivity contribution in [3.05, 3.63) is 41.7 Å². The van der Waals surface area contributed by atoms with Gasteiger partial charge >= 0.3 is 0 Å². The van der Waals surface area contributed by atoms with Crippen molar-refractivity contribution in [3.63, 3.8) is 0 Å². The fourth-order valence-corrected chi connectivity index (χ4v) is 4.32. The Morgan fingerprint density at radius 3 is 2.57 bits per heavy atom. The summed E-state index contributed by atoms with van der Waals surface area (Å²) >= 11 is 1.41. The van der Waals surface area contributed by atoms with Crippen molar-refractivity contribution in [2.45, 2.75) is 55.5 Å². The predicted molar refractivity (Wildman–Crippen MR) is 91.1 cm³/mol. The molecule has 5 nitrogen and oxygen atoms in total. The molecule has 1 saturated carbocycles. The van der Waals surface area contributed by atoms with E-state index in [4.69, 9.17) is 5.73 Å². The maximum absolute atomic E-state index is 11.9. The second-order valence-electron chi connectivity index (χ2n) is 6.00. The average Bonchev–Trinajstić information content (AvgIpc) is 2.94. The number of amides is 1. The van der Waals surface area contributed by atoms with E-state index in [0.717, 1.165) is 29.4 Å². The summed E-state index contributed by atoms with van der Waals surface area (Å²) in [5.41, 5.74) is 6.54. The standard InChI is InChI=1S/C17H22N4OS/c1-12-19-20-17(21(12)14-10-6-3-7-11-14)23-15(16(18)22)13-8-4-2-5-9-13/h2,4-5,8-9,14-15H,3,6-7,10-11H2,1H3,(H2,18,22)/t15-/m1/s1. The van der Waals surface area contributed by atoms with E-state index in [0.29, 0.717) is 6.04 Å². The molecule has 0 bridgehead atoms. The third-order valence-corrected chi connectivity index (χ3v) is 5.59. The lowest BCUT2D eigenvalue weighted by Gasteiger charge is -2.25. The minimum absolute atomic E-state index is 0.350. The predicted octanol–water partition coefficient (Wildman–Crippen LogP) is 3.41. The molecule has 1 aliphatic rings. The van der Waals surface area contributed by atoms with E-state index in [2.05, 4.69) is 14.8 Å². The molecule has 2 N–H and O–H groups in total. The van der Waals surface area contributed by atoms with Gasteiger partial charge in [0, 0.05) is 6.04 Å². The Morgan fingerprint density at radius 2 is 1.91 bits per heavy atom. The van der Waals surface area contributed by atoms with E-state index in [1.54, 1.807) is 0 Å². The Kier molecular flexibility index (Phi) is 5.00. The van der Waals surface area contributed by atoms with Crippen LogP contribution in [0.15, 0.2) is 35.5 Å². The van der Waals surface area contributed by atoms with Crippen LogP contribution in [0.25, 0.3) is 0 Å². The molecule has 1 fully saturated rings. The maximum Gasteiger partial charge on any atom is 0.235 e. The van der Waals surface area contributed by atoms with E-state index in [1.807, 2.05) is 37.3 Å².